The van der Waals surface area contributed by atoms with Crippen molar-refractivity contribution in [3.05, 3.63) is 17.5 Å². The second-order valence-corrected chi connectivity index (χ2v) is 5.78. The number of aromatic nitrogens is 2. The molecule has 2 rings (SSSR count). The maximum absolute atomic E-state index is 12.1. The van der Waals surface area contributed by atoms with Crippen LogP contribution >= 0.6 is 0 Å². The van der Waals surface area contributed by atoms with E-state index in [4.69, 9.17) is 5.11 Å². The maximum atomic E-state index is 12.1. The third-order valence-electron chi connectivity index (χ3n) is 4.04. The minimum absolute atomic E-state index is 0.204. The minimum atomic E-state index is -0.830. The molecule has 1 aliphatic rings. The molecule has 1 fully saturated rings. The molecule has 7 heteroatoms. The van der Waals surface area contributed by atoms with Crippen LogP contribution in [0.2, 0.25) is 0 Å². The van der Waals surface area contributed by atoms with Gasteiger partial charge in [0.15, 0.2) is 0 Å². The maximum Gasteiger partial charge on any atom is 0.317 e. The summed E-state index contributed by atoms with van der Waals surface area (Å²) in [5, 5.41) is 16.2. The van der Waals surface area contributed by atoms with Gasteiger partial charge in [-0.3, -0.25) is 9.48 Å². The van der Waals surface area contributed by atoms with E-state index in [1.165, 1.54) is 0 Å². The molecule has 1 unspecified atom stereocenters. The summed E-state index contributed by atoms with van der Waals surface area (Å²) in [7, 11) is 0. The topological polar surface area (TPSA) is 87.5 Å². The molecule has 0 saturated carbocycles. The number of nitrogens with one attached hydrogen (secondary N) is 1. The van der Waals surface area contributed by atoms with Crippen LogP contribution in [0.15, 0.2) is 6.20 Å². The van der Waals surface area contributed by atoms with E-state index in [-0.39, 0.29) is 12.6 Å². The fraction of sp³-hybridized carbons (Fsp3) is 0.667. The number of carbonyl (C=O) groups is 2. The summed E-state index contributed by atoms with van der Waals surface area (Å²) in [6.07, 6.45) is 4.69. The van der Waals surface area contributed by atoms with E-state index in [0.29, 0.717) is 19.5 Å². The number of nitrogens with zero attached hydrogens (tertiary/aromatic N) is 3. The smallest absolute Gasteiger partial charge is 0.317 e. The molecule has 22 heavy (non-hydrogen) atoms. The molecule has 0 aliphatic carbocycles. The molecule has 1 aromatic heterocycles. The molecule has 1 saturated heterocycles. The van der Waals surface area contributed by atoms with Crippen LogP contribution < -0.4 is 5.32 Å². The standard InChI is InChI=1S/C15H24N4O3/c1-3-4-6-19-10-13(11(2)17-19)8-16-15(22)18-7-5-12(9-18)14(20)21/h10,12H,3-9H2,1-2H3,(H,16,22)(H,20,21). The zero-order valence-corrected chi connectivity index (χ0v) is 13.2. The molecule has 1 atom stereocenters. The highest BCUT2D eigenvalue weighted by Crippen LogP contribution is 2.16. The van der Waals surface area contributed by atoms with Crippen molar-refractivity contribution < 1.29 is 14.7 Å². The third kappa shape index (κ3) is 3.99. The van der Waals surface area contributed by atoms with Crippen LogP contribution in [0.1, 0.15) is 37.4 Å². The lowest BCUT2D eigenvalue weighted by Gasteiger charge is -2.16. The first-order valence-electron chi connectivity index (χ1n) is 7.79. The van der Waals surface area contributed by atoms with E-state index in [9.17, 15) is 9.59 Å². The molecular formula is C15H24N4O3. The lowest BCUT2D eigenvalue weighted by atomic mass is 10.1. The van der Waals surface area contributed by atoms with Crippen LogP contribution in [0.4, 0.5) is 4.79 Å². The van der Waals surface area contributed by atoms with Gasteiger partial charge in [-0.1, -0.05) is 13.3 Å². The van der Waals surface area contributed by atoms with E-state index in [1.807, 2.05) is 17.8 Å². The number of carboxylic acid groups (broad SMARTS) is 1. The summed E-state index contributed by atoms with van der Waals surface area (Å²) < 4.78 is 1.91. The second-order valence-electron chi connectivity index (χ2n) is 5.78. The SMILES string of the molecule is CCCCn1cc(CNC(=O)N2CCC(C(=O)O)C2)c(C)n1. The van der Waals surface area contributed by atoms with Crippen LogP contribution in [0, 0.1) is 12.8 Å². The highest BCUT2D eigenvalue weighted by atomic mass is 16.4. The van der Waals surface area contributed by atoms with Crippen LogP contribution in [0.3, 0.4) is 0 Å². The van der Waals surface area contributed by atoms with Crippen molar-refractivity contribution >= 4 is 12.0 Å². The first kappa shape index (κ1) is 16.3. The number of hydrogen-bond acceptors (Lipinski definition) is 3. The number of aliphatic carboxylic acids is 1. The van der Waals surface area contributed by atoms with Gasteiger partial charge in [0.2, 0.25) is 0 Å². The van der Waals surface area contributed by atoms with Crippen molar-refractivity contribution in [1.82, 2.24) is 20.0 Å². The Morgan fingerprint density at radius 3 is 2.91 bits per heavy atom. The summed E-state index contributed by atoms with van der Waals surface area (Å²) in [6.45, 7) is 6.16. The Morgan fingerprint density at radius 2 is 2.27 bits per heavy atom. The van der Waals surface area contributed by atoms with Crippen molar-refractivity contribution in [3.63, 3.8) is 0 Å². The second kappa shape index (κ2) is 7.29. The molecule has 1 aliphatic heterocycles. The van der Waals surface area contributed by atoms with Gasteiger partial charge < -0.3 is 15.3 Å². The number of rotatable bonds is 6. The number of hydrogen-bond donors (Lipinski definition) is 2. The van der Waals surface area contributed by atoms with Crippen LogP contribution in [0.25, 0.3) is 0 Å². The van der Waals surface area contributed by atoms with E-state index >= 15 is 0 Å². The summed E-state index contributed by atoms with van der Waals surface area (Å²) in [6, 6.07) is -0.204. The molecule has 1 aromatic rings. The van der Waals surface area contributed by atoms with Crippen molar-refractivity contribution in [2.45, 2.75) is 46.2 Å². The Labute approximate surface area is 130 Å². The summed E-state index contributed by atoms with van der Waals surface area (Å²) >= 11 is 0. The third-order valence-corrected chi connectivity index (χ3v) is 4.04. The number of likely N-dealkylation sites (tertiary alicyclic amines) is 1. The number of amides is 2. The largest absolute Gasteiger partial charge is 0.481 e. The zero-order chi connectivity index (χ0) is 16.1. The van der Waals surface area contributed by atoms with Gasteiger partial charge in [-0.25, -0.2) is 4.79 Å². The van der Waals surface area contributed by atoms with E-state index in [0.717, 1.165) is 30.6 Å². The number of carboxylic acids is 1. The predicted molar refractivity (Wildman–Crippen MR) is 81.4 cm³/mol. The number of aryl methyl sites for hydroxylation is 2. The first-order chi connectivity index (χ1) is 10.5. The zero-order valence-electron chi connectivity index (χ0n) is 13.2. The molecule has 2 N–H and O–H groups in total. The van der Waals surface area contributed by atoms with E-state index in [2.05, 4.69) is 17.3 Å². The Morgan fingerprint density at radius 1 is 1.50 bits per heavy atom. The molecule has 2 amide bonds. The highest BCUT2D eigenvalue weighted by Gasteiger charge is 2.30. The van der Waals surface area contributed by atoms with Gasteiger partial charge in [0, 0.05) is 37.9 Å². The van der Waals surface area contributed by atoms with Gasteiger partial charge in [-0.2, -0.15) is 5.10 Å². The van der Waals surface area contributed by atoms with Gasteiger partial charge in [0.05, 0.1) is 11.6 Å². The average Bonchev–Trinajstić information content (AvgIpc) is 3.09. The lowest BCUT2D eigenvalue weighted by molar-refractivity contribution is -0.141. The molecule has 122 valence electrons. The van der Waals surface area contributed by atoms with Crippen LogP contribution in [-0.2, 0) is 17.9 Å². The van der Waals surface area contributed by atoms with Crippen molar-refractivity contribution in [2.24, 2.45) is 5.92 Å². The van der Waals surface area contributed by atoms with Gasteiger partial charge >= 0.3 is 12.0 Å². The fourth-order valence-corrected chi connectivity index (χ4v) is 2.60. The Bertz CT molecular complexity index is 541. The predicted octanol–water partition coefficient (Wildman–Crippen LogP) is 1.61. The van der Waals surface area contributed by atoms with Crippen LogP contribution in [0.5, 0.6) is 0 Å². The summed E-state index contributed by atoms with van der Waals surface area (Å²) in [5.74, 6) is -1.27. The lowest BCUT2D eigenvalue weighted by Crippen LogP contribution is -2.38. The number of urea groups is 1. The molecule has 0 bridgehead atoms. The van der Waals surface area contributed by atoms with Crippen LogP contribution in [-0.4, -0.2) is 44.9 Å². The summed E-state index contributed by atoms with van der Waals surface area (Å²) in [5.41, 5.74) is 1.92. The van der Waals surface area contributed by atoms with Gasteiger partial charge in [-0.15, -0.1) is 0 Å². The molecular weight excluding hydrogens is 284 g/mol. The molecule has 7 nitrogen and oxygen atoms in total. The number of unbranched alkanes of at least 4 members (excludes halogenated alkanes) is 1. The Balaban J connectivity index is 1.84. The Hall–Kier alpha value is -2.05. The molecule has 2 heterocycles. The first-order valence-corrected chi connectivity index (χ1v) is 7.79. The van der Waals surface area contributed by atoms with Gasteiger partial charge in [-0.05, 0) is 19.8 Å². The average molecular weight is 308 g/mol. The number of carbonyl (C=O) groups excluding carboxylic acids is 1. The normalized spacial score (nSPS) is 17.7. The van der Waals surface area contributed by atoms with E-state index < -0.39 is 11.9 Å². The van der Waals surface area contributed by atoms with Gasteiger partial charge in [0.1, 0.15) is 0 Å². The van der Waals surface area contributed by atoms with Crippen molar-refractivity contribution in [1.29, 1.82) is 0 Å². The molecule has 0 radical (unpaired) electrons. The van der Waals surface area contributed by atoms with Crippen molar-refractivity contribution in [3.8, 4) is 0 Å². The van der Waals surface area contributed by atoms with Crippen molar-refractivity contribution in [2.75, 3.05) is 13.1 Å². The quantitative estimate of drug-likeness (QED) is 0.835. The Kier molecular flexibility index (Phi) is 5.41. The molecule has 0 aromatic carbocycles. The summed E-state index contributed by atoms with van der Waals surface area (Å²) in [4.78, 5) is 24.6. The minimum Gasteiger partial charge on any atom is -0.481 e. The highest BCUT2D eigenvalue weighted by molar-refractivity contribution is 5.77. The van der Waals surface area contributed by atoms with Gasteiger partial charge in [0.25, 0.3) is 0 Å². The monoisotopic (exact) mass is 308 g/mol. The fourth-order valence-electron chi connectivity index (χ4n) is 2.60. The molecule has 0 spiro atoms. The van der Waals surface area contributed by atoms with E-state index in [1.54, 1.807) is 4.90 Å².